The first-order valence-electron chi connectivity index (χ1n) is 11.0. The first kappa shape index (κ1) is 23.6. The van der Waals surface area contributed by atoms with Gasteiger partial charge in [0.1, 0.15) is 12.7 Å². The van der Waals surface area contributed by atoms with Crippen molar-refractivity contribution in [2.24, 2.45) is 5.92 Å². The van der Waals surface area contributed by atoms with E-state index in [1.165, 1.54) is 6.08 Å². The van der Waals surface area contributed by atoms with E-state index >= 15 is 0 Å². The summed E-state index contributed by atoms with van der Waals surface area (Å²) in [7, 11) is -2.08. The monoisotopic (exact) mass is 440 g/mol. The quantitative estimate of drug-likeness (QED) is 0.188. The van der Waals surface area contributed by atoms with E-state index in [2.05, 4.69) is 33.9 Å². The number of esters is 1. The minimum atomic E-state index is -2.08. The minimum Gasteiger partial charge on any atom is -0.463 e. The van der Waals surface area contributed by atoms with Crippen LogP contribution < -0.4 is 0 Å². The van der Waals surface area contributed by atoms with Gasteiger partial charge in [-0.25, -0.2) is 4.79 Å². The van der Waals surface area contributed by atoms with E-state index in [-0.39, 0.29) is 30.5 Å². The van der Waals surface area contributed by atoms with Gasteiger partial charge in [-0.05, 0) is 56.5 Å². The van der Waals surface area contributed by atoms with Crippen molar-refractivity contribution in [2.75, 3.05) is 19.8 Å². The molecule has 5 atom stereocenters. The molecule has 0 saturated carbocycles. The predicted molar refractivity (Wildman–Crippen MR) is 113 cm³/mol. The Bertz CT molecular complexity index is 677. The van der Waals surface area contributed by atoms with Crippen LogP contribution in [0, 0.1) is 5.92 Å². The maximum Gasteiger partial charge on any atom is 0.347 e. The van der Waals surface area contributed by atoms with E-state index in [4.69, 9.17) is 23.4 Å². The van der Waals surface area contributed by atoms with Crippen molar-refractivity contribution in [3.05, 3.63) is 12.2 Å². The summed E-state index contributed by atoms with van der Waals surface area (Å²) >= 11 is 0. The number of ketones is 1. The fraction of sp³-hybridized carbons (Fsp3) is 0.818. The number of hydrogen-bond acceptors (Lipinski definition) is 7. The molecule has 3 fully saturated rings. The second-order valence-electron chi connectivity index (χ2n) is 10.0. The Labute approximate surface area is 180 Å². The second kappa shape index (κ2) is 8.82. The van der Waals surface area contributed by atoms with Crippen molar-refractivity contribution in [1.82, 2.24) is 0 Å². The summed E-state index contributed by atoms with van der Waals surface area (Å²) in [5, 5.41) is 0.00975. The van der Waals surface area contributed by atoms with E-state index in [0.29, 0.717) is 13.0 Å². The molecule has 0 radical (unpaired) electrons. The van der Waals surface area contributed by atoms with E-state index < -0.39 is 37.9 Å². The average Bonchev–Trinajstić information content (AvgIpc) is 3.30. The van der Waals surface area contributed by atoms with Crippen molar-refractivity contribution in [2.45, 2.75) is 89.2 Å². The maximum atomic E-state index is 13.4. The molecule has 8 heteroatoms. The minimum absolute atomic E-state index is 0.00975. The number of ether oxygens (including phenoxy) is 4. The molecular formula is C22H36O7Si. The Morgan fingerprint density at radius 1 is 1.30 bits per heavy atom. The molecule has 3 heterocycles. The van der Waals surface area contributed by atoms with E-state index in [1.807, 2.05) is 6.92 Å². The summed E-state index contributed by atoms with van der Waals surface area (Å²) in [6, 6.07) is 0. The van der Waals surface area contributed by atoms with Crippen molar-refractivity contribution < 1.29 is 33.0 Å². The molecule has 3 saturated heterocycles. The highest BCUT2D eigenvalue weighted by Gasteiger charge is 2.60. The fourth-order valence-corrected chi connectivity index (χ4v) is 4.54. The van der Waals surface area contributed by atoms with Crippen LogP contribution in [0.4, 0.5) is 0 Å². The molecule has 0 aromatic heterocycles. The summed E-state index contributed by atoms with van der Waals surface area (Å²) in [5.74, 6) is -1.61. The first-order chi connectivity index (χ1) is 14.0. The maximum absolute atomic E-state index is 13.4. The Kier molecular flexibility index (Phi) is 6.94. The SMILES string of the molecule is C[C@@H]1O[C@@H]1/C=C/C(=O)[C@]1(OC2CCCCO2)C(=O)OC[C@@H]1CO[Si](C)(C)C(C)(C)C. The molecule has 0 N–H and O–H groups in total. The topological polar surface area (TPSA) is 83.6 Å². The Balaban J connectivity index is 1.83. The van der Waals surface area contributed by atoms with Gasteiger partial charge in [-0.15, -0.1) is 0 Å². The lowest BCUT2D eigenvalue weighted by atomic mass is 9.85. The van der Waals surface area contributed by atoms with Crippen molar-refractivity contribution >= 4 is 20.1 Å². The van der Waals surface area contributed by atoms with Crippen LogP contribution in [0.25, 0.3) is 0 Å². The predicted octanol–water partition coefficient (Wildman–Crippen LogP) is 3.38. The lowest BCUT2D eigenvalue weighted by Crippen LogP contribution is -2.55. The normalized spacial score (nSPS) is 34.9. The third kappa shape index (κ3) is 4.88. The van der Waals surface area contributed by atoms with Crippen LogP contribution in [0.3, 0.4) is 0 Å². The van der Waals surface area contributed by atoms with Crippen molar-refractivity contribution in [3.63, 3.8) is 0 Å². The molecule has 7 nitrogen and oxygen atoms in total. The molecule has 0 spiro atoms. The third-order valence-electron chi connectivity index (χ3n) is 6.76. The van der Waals surface area contributed by atoms with Gasteiger partial charge >= 0.3 is 5.97 Å². The van der Waals surface area contributed by atoms with Crippen LogP contribution in [0.15, 0.2) is 12.2 Å². The Morgan fingerprint density at radius 3 is 2.57 bits per heavy atom. The molecule has 1 unspecified atom stereocenters. The van der Waals surface area contributed by atoms with Gasteiger partial charge in [-0.3, -0.25) is 4.79 Å². The smallest absolute Gasteiger partial charge is 0.347 e. The number of hydrogen-bond donors (Lipinski definition) is 0. The summed E-state index contributed by atoms with van der Waals surface area (Å²) in [4.78, 5) is 26.3. The molecule has 0 aromatic rings. The van der Waals surface area contributed by atoms with Gasteiger partial charge in [0.25, 0.3) is 0 Å². The van der Waals surface area contributed by atoms with Crippen LogP contribution in [0.2, 0.25) is 18.1 Å². The molecule has 3 aliphatic rings. The zero-order valence-corrected chi connectivity index (χ0v) is 20.1. The standard InChI is InChI=1S/C22H36O7Si/c1-15-17(28-15)10-11-18(23)22(29-19-9-7-8-12-25-19)16(13-26-20(22)24)14-27-30(5,6)21(2,3)4/h10-11,15-17,19H,7-9,12-14H2,1-6H3/b11-10+/t15-,16+,17+,19?,22-/m0/s1. The molecule has 30 heavy (non-hydrogen) atoms. The second-order valence-corrected chi connectivity index (χ2v) is 14.9. The molecule has 170 valence electrons. The van der Waals surface area contributed by atoms with Crippen molar-refractivity contribution in [1.29, 1.82) is 0 Å². The Morgan fingerprint density at radius 2 is 2.00 bits per heavy atom. The number of carbonyl (C=O) groups is 2. The summed E-state index contributed by atoms with van der Waals surface area (Å²) in [6.45, 7) is 13.6. The number of rotatable bonds is 8. The molecule has 0 bridgehead atoms. The van der Waals surface area contributed by atoms with Crippen LogP contribution in [-0.4, -0.2) is 64.0 Å². The Hall–Kier alpha value is -1.06. The molecule has 0 aliphatic carbocycles. The van der Waals surface area contributed by atoms with Crippen LogP contribution in [0.1, 0.15) is 47.0 Å². The summed E-state index contributed by atoms with van der Waals surface area (Å²) in [5.41, 5.74) is -1.74. The van der Waals surface area contributed by atoms with Crippen LogP contribution in [-0.2, 0) is 33.0 Å². The lowest BCUT2D eigenvalue weighted by Gasteiger charge is -2.39. The number of cyclic esters (lactones) is 1. The van der Waals surface area contributed by atoms with Crippen molar-refractivity contribution in [3.8, 4) is 0 Å². The highest BCUT2D eigenvalue weighted by molar-refractivity contribution is 6.74. The van der Waals surface area contributed by atoms with Gasteiger partial charge in [0.15, 0.2) is 20.4 Å². The van der Waals surface area contributed by atoms with E-state index in [1.54, 1.807) is 6.08 Å². The summed E-state index contributed by atoms with van der Waals surface area (Å²) < 4.78 is 28.9. The van der Waals surface area contributed by atoms with Gasteiger partial charge in [0.05, 0.1) is 12.0 Å². The van der Waals surface area contributed by atoms with Gasteiger partial charge in [0.2, 0.25) is 5.60 Å². The van der Waals surface area contributed by atoms with Gasteiger partial charge in [-0.1, -0.05) is 20.8 Å². The van der Waals surface area contributed by atoms with Gasteiger partial charge < -0.3 is 23.4 Å². The third-order valence-corrected chi connectivity index (χ3v) is 11.3. The molecule has 0 aromatic carbocycles. The highest BCUT2D eigenvalue weighted by atomic mass is 28.4. The zero-order chi connectivity index (χ0) is 22.2. The molecule has 3 aliphatic heterocycles. The molecule has 0 amide bonds. The van der Waals surface area contributed by atoms with Gasteiger partial charge in [0, 0.05) is 13.2 Å². The molecular weight excluding hydrogens is 404 g/mol. The average molecular weight is 441 g/mol. The van der Waals surface area contributed by atoms with E-state index in [9.17, 15) is 9.59 Å². The van der Waals surface area contributed by atoms with Gasteiger partial charge in [-0.2, -0.15) is 0 Å². The molecule has 3 rings (SSSR count). The zero-order valence-electron chi connectivity index (χ0n) is 19.1. The van der Waals surface area contributed by atoms with E-state index in [0.717, 1.165) is 12.8 Å². The lowest BCUT2D eigenvalue weighted by molar-refractivity contribution is -0.228. The van der Waals surface area contributed by atoms with Crippen LogP contribution >= 0.6 is 0 Å². The highest BCUT2D eigenvalue weighted by Crippen LogP contribution is 2.40. The number of carbonyl (C=O) groups excluding carboxylic acids is 2. The summed E-state index contributed by atoms with van der Waals surface area (Å²) in [6.07, 6.45) is 4.99. The first-order valence-corrected chi connectivity index (χ1v) is 13.9. The number of epoxide rings is 1. The van der Waals surface area contributed by atoms with Crippen LogP contribution in [0.5, 0.6) is 0 Å². The largest absolute Gasteiger partial charge is 0.463 e. The fourth-order valence-electron chi connectivity index (χ4n) is 3.48.